The third kappa shape index (κ3) is 3.16. The lowest BCUT2D eigenvalue weighted by Crippen LogP contribution is -2.28. The molecule has 0 radical (unpaired) electrons. The minimum absolute atomic E-state index is 0.00267. The number of fused-ring (bicyclic) bond motifs is 1. The van der Waals surface area contributed by atoms with E-state index in [1.807, 2.05) is 6.07 Å². The van der Waals surface area contributed by atoms with E-state index in [0.717, 1.165) is 31.2 Å². The van der Waals surface area contributed by atoms with Gasteiger partial charge < -0.3 is 15.2 Å². The highest BCUT2D eigenvalue weighted by atomic mass is 32.2. The molecule has 1 aromatic rings. The van der Waals surface area contributed by atoms with E-state index in [9.17, 15) is 8.42 Å². The predicted octanol–water partition coefficient (Wildman–Crippen LogP) is 1.81. The van der Waals surface area contributed by atoms with Crippen molar-refractivity contribution in [3.63, 3.8) is 0 Å². The monoisotopic (exact) mass is 311 g/mol. The van der Waals surface area contributed by atoms with E-state index in [2.05, 4.69) is 0 Å². The highest BCUT2D eigenvalue weighted by Gasteiger charge is 2.30. The molecule has 6 heteroatoms. The van der Waals surface area contributed by atoms with Crippen molar-refractivity contribution in [1.82, 2.24) is 0 Å². The summed E-state index contributed by atoms with van der Waals surface area (Å²) in [6, 6.07) is 4.89. The molecule has 0 saturated heterocycles. The smallest absolute Gasteiger partial charge is 0.161 e. The Morgan fingerprint density at radius 1 is 1.14 bits per heavy atom. The van der Waals surface area contributed by atoms with Gasteiger partial charge in [0, 0.05) is 6.04 Å². The van der Waals surface area contributed by atoms with Gasteiger partial charge in [-0.05, 0) is 30.5 Å². The van der Waals surface area contributed by atoms with E-state index in [-0.39, 0.29) is 11.0 Å². The maximum Gasteiger partial charge on any atom is 0.161 e. The van der Waals surface area contributed by atoms with Crippen LogP contribution in [0.25, 0.3) is 0 Å². The Morgan fingerprint density at radius 2 is 1.81 bits per heavy atom. The Kier molecular flexibility index (Phi) is 4.08. The van der Waals surface area contributed by atoms with E-state index in [1.165, 1.54) is 0 Å². The zero-order valence-corrected chi connectivity index (χ0v) is 12.8. The summed E-state index contributed by atoms with van der Waals surface area (Å²) in [4.78, 5) is 0. The van der Waals surface area contributed by atoms with Gasteiger partial charge in [-0.3, -0.25) is 0 Å². The molecule has 1 aliphatic carbocycles. The van der Waals surface area contributed by atoms with Gasteiger partial charge in [-0.15, -0.1) is 0 Å². The van der Waals surface area contributed by atoms with Crippen LogP contribution in [0.1, 0.15) is 37.3 Å². The first kappa shape index (κ1) is 14.7. The van der Waals surface area contributed by atoms with E-state index in [4.69, 9.17) is 15.2 Å². The summed E-state index contributed by atoms with van der Waals surface area (Å²) in [5.74, 6) is 1.33. The fourth-order valence-electron chi connectivity index (χ4n) is 3.02. The van der Waals surface area contributed by atoms with Crippen LogP contribution in [0.4, 0.5) is 0 Å². The molecule has 0 spiro atoms. The number of rotatable bonds is 4. The molecule has 1 saturated carbocycles. The van der Waals surface area contributed by atoms with Crippen LogP contribution in [0.5, 0.6) is 11.5 Å². The normalized spacial score (nSPS) is 20.4. The first-order valence-corrected chi connectivity index (χ1v) is 9.14. The molecule has 1 atom stereocenters. The second kappa shape index (κ2) is 5.85. The van der Waals surface area contributed by atoms with Gasteiger partial charge in [-0.1, -0.05) is 18.9 Å². The fraction of sp³-hybridized carbons (Fsp3) is 0.600. The maximum absolute atomic E-state index is 12.4. The summed E-state index contributed by atoms with van der Waals surface area (Å²) in [6.45, 7) is 1.04. The van der Waals surface area contributed by atoms with Crippen molar-refractivity contribution in [2.75, 3.05) is 19.0 Å². The number of benzene rings is 1. The predicted molar refractivity (Wildman–Crippen MR) is 80.4 cm³/mol. The van der Waals surface area contributed by atoms with Crippen LogP contribution in [0.3, 0.4) is 0 Å². The SMILES string of the molecule is NC(CS(=O)(=O)C1CCCC1)c1ccc2c(c1)OCCO2. The first-order valence-electron chi connectivity index (χ1n) is 7.43. The standard InChI is InChI=1S/C15H21NO4S/c16-13(10-21(17,18)12-3-1-2-4-12)11-5-6-14-15(9-11)20-8-7-19-14/h5-6,9,12-13H,1-4,7-8,10,16H2. The topological polar surface area (TPSA) is 78.6 Å². The molecule has 1 unspecified atom stereocenters. The Labute approximate surface area is 125 Å². The maximum atomic E-state index is 12.4. The Morgan fingerprint density at radius 3 is 2.52 bits per heavy atom. The van der Waals surface area contributed by atoms with E-state index >= 15 is 0 Å². The van der Waals surface area contributed by atoms with Gasteiger partial charge in [0.25, 0.3) is 0 Å². The molecule has 1 heterocycles. The molecule has 5 nitrogen and oxygen atoms in total. The van der Waals surface area contributed by atoms with Crippen LogP contribution in [0.15, 0.2) is 18.2 Å². The lowest BCUT2D eigenvalue weighted by atomic mass is 10.1. The first-order chi connectivity index (χ1) is 10.1. The molecule has 1 aromatic carbocycles. The summed E-state index contributed by atoms with van der Waals surface area (Å²) < 4.78 is 35.7. The van der Waals surface area contributed by atoms with Crippen LogP contribution in [-0.2, 0) is 9.84 Å². The molecule has 2 N–H and O–H groups in total. The summed E-state index contributed by atoms with van der Waals surface area (Å²) in [7, 11) is -3.13. The highest BCUT2D eigenvalue weighted by molar-refractivity contribution is 7.92. The third-order valence-electron chi connectivity index (χ3n) is 4.22. The number of sulfone groups is 1. The Hall–Kier alpha value is -1.27. The molecule has 1 aliphatic heterocycles. The number of hydrogen-bond acceptors (Lipinski definition) is 5. The van der Waals surface area contributed by atoms with Crippen molar-refractivity contribution < 1.29 is 17.9 Å². The Bertz CT molecular complexity index is 608. The quantitative estimate of drug-likeness (QED) is 0.917. The number of nitrogens with two attached hydrogens (primary N) is 1. The third-order valence-corrected chi connectivity index (χ3v) is 6.53. The van der Waals surface area contributed by atoms with Crippen LogP contribution in [-0.4, -0.2) is 32.6 Å². The number of hydrogen-bond donors (Lipinski definition) is 1. The van der Waals surface area contributed by atoms with E-state index in [0.29, 0.717) is 24.7 Å². The van der Waals surface area contributed by atoms with Crippen LogP contribution >= 0.6 is 0 Å². The second-order valence-electron chi connectivity index (χ2n) is 5.75. The van der Waals surface area contributed by atoms with Gasteiger partial charge >= 0.3 is 0 Å². The van der Waals surface area contributed by atoms with Gasteiger partial charge in [0.05, 0.1) is 11.0 Å². The van der Waals surface area contributed by atoms with E-state index in [1.54, 1.807) is 12.1 Å². The molecule has 0 bridgehead atoms. The van der Waals surface area contributed by atoms with Crippen molar-refractivity contribution in [2.24, 2.45) is 5.73 Å². The van der Waals surface area contributed by atoms with Gasteiger partial charge in [-0.2, -0.15) is 0 Å². The second-order valence-corrected chi connectivity index (χ2v) is 8.07. The summed E-state index contributed by atoms with van der Waals surface area (Å²) in [6.07, 6.45) is 3.55. The zero-order valence-electron chi connectivity index (χ0n) is 12.0. The van der Waals surface area contributed by atoms with Gasteiger partial charge in [0.2, 0.25) is 0 Å². The van der Waals surface area contributed by atoms with Gasteiger partial charge in [-0.25, -0.2) is 8.42 Å². The molecular formula is C15H21NO4S. The average Bonchev–Trinajstić information content (AvgIpc) is 3.01. The highest BCUT2D eigenvalue weighted by Crippen LogP contribution is 2.33. The van der Waals surface area contributed by atoms with Gasteiger partial charge in [0.15, 0.2) is 21.3 Å². The lowest BCUT2D eigenvalue weighted by molar-refractivity contribution is 0.171. The minimum atomic E-state index is -3.13. The van der Waals surface area contributed by atoms with Crippen molar-refractivity contribution in [3.8, 4) is 11.5 Å². The summed E-state index contributed by atoms with van der Waals surface area (Å²) in [5, 5.41) is -0.208. The van der Waals surface area contributed by atoms with Crippen molar-refractivity contribution in [3.05, 3.63) is 23.8 Å². The molecule has 3 rings (SSSR count). The zero-order chi connectivity index (χ0) is 14.9. The van der Waals surface area contributed by atoms with Crippen LogP contribution < -0.4 is 15.2 Å². The molecule has 116 valence electrons. The van der Waals surface area contributed by atoms with E-state index < -0.39 is 15.9 Å². The molecule has 1 fully saturated rings. The molecule has 21 heavy (non-hydrogen) atoms. The van der Waals surface area contributed by atoms with Crippen molar-refractivity contribution in [2.45, 2.75) is 37.0 Å². The summed E-state index contributed by atoms with van der Waals surface area (Å²) in [5.41, 5.74) is 6.88. The lowest BCUT2D eigenvalue weighted by Gasteiger charge is -2.21. The fourth-order valence-corrected chi connectivity index (χ4v) is 5.04. The molecule has 0 aromatic heterocycles. The Balaban J connectivity index is 1.74. The van der Waals surface area contributed by atoms with Crippen molar-refractivity contribution in [1.29, 1.82) is 0 Å². The van der Waals surface area contributed by atoms with Crippen molar-refractivity contribution >= 4 is 9.84 Å². The summed E-state index contributed by atoms with van der Waals surface area (Å²) >= 11 is 0. The van der Waals surface area contributed by atoms with Crippen LogP contribution in [0, 0.1) is 0 Å². The average molecular weight is 311 g/mol. The molecule has 2 aliphatic rings. The van der Waals surface area contributed by atoms with Gasteiger partial charge in [0.1, 0.15) is 13.2 Å². The van der Waals surface area contributed by atoms with Crippen LogP contribution in [0.2, 0.25) is 0 Å². The largest absolute Gasteiger partial charge is 0.486 e. The molecular weight excluding hydrogens is 290 g/mol. The number of ether oxygens (including phenoxy) is 2. The minimum Gasteiger partial charge on any atom is -0.486 e. The molecule has 0 amide bonds.